The van der Waals surface area contributed by atoms with Gasteiger partial charge in [-0.1, -0.05) is 6.58 Å². The zero-order valence-electron chi connectivity index (χ0n) is 8.79. The first-order chi connectivity index (χ1) is 5.93. The van der Waals surface area contributed by atoms with Gasteiger partial charge >= 0.3 is 5.97 Å². The van der Waals surface area contributed by atoms with E-state index in [0.717, 1.165) is 0 Å². The van der Waals surface area contributed by atoms with Crippen molar-refractivity contribution in [1.82, 2.24) is 0 Å². The monoisotopic (exact) mass is 202 g/mol. The summed E-state index contributed by atoms with van der Waals surface area (Å²) < 4.78 is 10.4. The Bertz CT molecular complexity index is 189. The molecule has 4 heteroatoms. The van der Waals surface area contributed by atoms with Crippen molar-refractivity contribution in [3.05, 3.63) is 12.2 Å². The average molecular weight is 202 g/mol. The average Bonchev–Trinajstić information content (AvgIpc) is 2.00. The zero-order valence-corrected chi connectivity index (χ0v) is 9.95. The van der Waals surface area contributed by atoms with Gasteiger partial charge in [-0.25, -0.2) is 4.79 Å². The van der Waals surface area contributed by atoms with Crippen LogP contribution >= 0.6 is 0 Å². The first-order valence-corrected chi connectivity index (χ1v) is 7.19. The third kappa shape index (κ3) is 6.54. The van der Waals surface area contributed by atoms with Crippen molar-refractivity contribution < 1.29 is 14.0 Å². The van der Waals surface area contributed by atoms with Gasteiger partial charge in [0.1, 0.15) is 6.10 Å². The SMILES string of the molecule is C=C(C)C(=O)OC(C)CO[SiH](C)C. The van der Waals surface area contributed by atoms with Crippen LogP contribution in [0.4, 0.5) is 0 Å². The second-order valence-corrected chi connectivity index (χ2v) is 5.81. The molecule has 0 spiro atoms. The molecule has 1 atom stereocenters. The van der Waals surface area contributed by atoms with Gasteiger partial charge in [0, 0.05) is 5.57 Å². The second kappa shape index (κ2) is 5.94. The Morgan fingerprint density at radius 2 is 2.08 bits per heavy atom. The molecule has 0 heterocycles. The summed E-state index contributed by atoms with van der Waals surface area (Å²) in [6.45, 7) is 11.6. The summed E-state index contributed by atoms with van der Waals surface area (Å²) >= 11 is 0. The maximum Gasteiger partial charge on any atom is 0.333 e. The van der Waals surface area contributed by atoms with Gasteiger partial charge in [0.05, 0.1) is 6.61 Å². The highest BCUT2D eigenvalue weighted by Gasteiger charge is 2.10. The minimum absolute atomic E-state index is 0.181. The highest BCUT2D eigenvalue weighted by molar-refractivity contribution is 6.48. The van der Waals surface area contributed by atoms with Crippen LogP contribution in [0.2, 0.25) is 13.1 Å². The molecule has 0 aromatic rings. The highest BCUT2D eigenvalue weighted by atomic mass is 28.3. The van der Waals surface area contributed by atoms with Crippen LogP contribution < -0.4 is 0 Å². The third-order valence-corrected chi connectivity index (χ3v) is 2.18. The number of ether oxygens (including phenoxy) is 1. The third-order valence-electron chi connectivity index (χ3n) is 1.32. The van der Waals surface area contributed by atoms with Crippen LogP contribution in [0, 0.1) is 0 Å². The van der Waals surface area contributed by atoms with E-state index in [-0.39, 0.29) is 12.1 Å². The van der Waals surface area contributed by atoms with Gasteiger partial charge in [0.15, 0.2) is 9.04 Å². The van der Waals surface area contributed by atoms with Crippen molar-refractivity contribution in [1.29, 1.82) is 0 Å². The number of carbonyl (C=O) groups is 1. The highest BCUT2D eigenvalue weighted by Crippen LogP contribution is 1.99. The van der Waals surface area contributed by atoms with E-state index >= 15 is 0 Å². The van der Waals surface area contributed by atoms with Crippen molar-refractivity contribution in [2.24, 2.45) is 0 Å². The van der Waals surface area contributed by atoms with E-state index in [0.29, 0.717) is 12.2 Å². The van der Waals surface area contributed by atoms with Crippen molar-refractivity contribution in [2.75, 3.05) is 6.61 Å². The molecular formula is C9H18O3Si. The largest absolute Gasteiger partial charge is 0.457 e. The molecule has 0 aromatic heterocycles. The number of rotatable bonds is 5. The maximum absolute atomic E-state index is 11.0. The molecule has 0 aliphatic carbocycles. The fourth-order valence-corrected chi connectivity index (χ4v) is 1.30. The fourth-order valence-electron chi connectivity index (χ4n) is 0.645. The van der Waals surface area contributed by atoms with Crippen LogP contribution in [0.3, 0.4) is 0 Å². The molecule has 0 aromatic carbocycles. The summed E-state index contributed by atoms with van der Waals surface area (Å²) in [5.74, 6) is -0.346. The smallest absolute Gasteiger partial charge is 0.333 e. The molecule has 0 aliphatic rings. The molecule has 0 saturated heterocycles. The predicted molar refractivity (Wildman–Crippen MR) is 55.2 cm³/mol. The normalized spacial score (nSPS) is 12.7. The van der Waals surface area contributed by atoms with E-state index in [2.05, 4.69) is 19.7 Å². The Kier molecular flexibility index (Phi) is 5.66. The van der Waals surface area contributed by atoms with Crippen LogP contribution in [0.25, 0.3) is 0 Å². The summed E-state index contributed by atoms with van der Waals surface area (Å²) in [5, 5.41) is 0. The molecule has 0 N–H and O–H groups in total. The summed E-state index contributed by atoms with van der Waals surface area (Å²) in [6, 6.07) is 0. The van der Waals surface area contributed by atoms with Crippen LogP contribution in [-0.4, -0.2) is 27.7 Å². The van der Waals surface area contributed by atoms with E-state index in [1.807, 2.05) is 6.92 Å². The number of hydrogen-bond acceptors (Lipinski definition) is 3. The summed E-state index contributed by atoms with van der Waals surface area (Å²) in [5.41, 5.74) is 0.425. The Balaban J connectivity index is 3.68. The second-order valence-electron chi connectivity index (χ2n) is 3.38. The number of esters is 1. The molecule has 0 amide bonds. The van der Waals surface area contributed by atoms with E-state index in [4.69, 9.17) is 9.16 Å². The molecule has 0 rings (SSSR count). The number of carbonyl (C=O) groups excluding carboxylic acids is 1. The van der Waals surface area contributed by atoms with Gasteiger partial charge in [0.25, 0.3) is 0 Å². The molecule has 13 heavy (non-hydrogen) atoms. The van der Waals surface area contributed by atoms with Crippen molar-refractivity contribution in [3.8, 4) is 0 Å². The standard InChI is InChI=1S/C9H18O3Si/c1-7(2)9(10)12-8(3)6-11-13(4)5/h8,13H,1,6H2,2-5H3. The van der Waals surface area contributed by atoms with E-state index in [9.17, 15) is 4.79 Å². The van der Waals surface area contributed by atoms with Crippen LogP contribution in [0.5, 0.6) is 0 Å². The quantitative estimate of drug-likeness (QED) is 0.385. The van der Waals surface area contributed by atoms with Crippen LogP contribution in [0.15, 0.2) is 12.2 Å². The van der Waals surface area contributed by atoms with Gasteiger partial charge in [-0.05, 0) is 26.9 Å². The molecule has 0 saturated carbocycles. The molecule has 0 aliphatic heterocycles. The predicted octanol–water partition coefficient (Wildman–Crippen LogP) is 1.49. The minimum atomic E-state index is -1.01. The van der Waals surface area contributed by atoms with E-state index in [1.165, 1.54) is 0 Å². The Morgan fingerprint density at radius 1 is 1.54 bits per heavy atom. The minimum Gasteiger partial charge on any atom is -0.457 e. The molecule has 0 fully saturated rings. The molecule has 3 nitrogen and oxygen atoms in total. The summed E-state index contributed by atoms with van der Waals surface area (Å²) in [4.78, 5) is 11.0. The van der Waals surface area contributed by atoms with Crippen molar-refractivity contribution in [2.45, 2.75) is 33.0 Å². The summed E-state index contributed by atoms with van der Waals surface area (Å²) in [6.07, 6.45) is -0.181. The zero-order chi connectivity index (χ0) is 10.4. The number of hydrogen-bond donors (Lipinski definition) is 0. The Hall–Kier alpha value is -0.613. The molecule has 76 valence electrons. The fraction of sp³-hybridized carbons (Fsp3) is 0.667. The van der Waals surface area contributed by atoms with Crippen LogP contribution in [0.1, 0.15) is 13.8 Å². The topological polar surface area (TPSA) is 35.5 Å². The molecule has 0 radical (unpaired) electrons. The Morgan fingerprint density at radius 3 is 2.46 bits per heavy atom. The molecular weight excluding hydrogens is 184 g/mol. The van der Waals surface area contributed by atoms with Crippen molar-refractivity contribution >= 4 is 15.0 Å². The van der Waals surface area contributed by atoms with Gasteiger partial charge in [-0.3, -0.25) is 0 Å². The lowest BCUT2D eigenvalue weighted by Gasteiger charge is -2.14. The lowest BCUT2D eigenvalue weighted by atomic mass is 10.3. The maximum atomic E-state index is 11.0. The van der Waals surface area contributed by atoms with Gasteiger partial charge in [-0.2, -0.15) is 0 Å². The first-order valence-electron chi connectivity index (χ1n) is 4.41. The lowest BCUT2D eigenvalue weighted by Crippen LogP contribution is -2.23. The van der Waals surface area contributed by atoms with E-state index < -0.39 is 9.04 Å². The van der Waals surface area contributed by atoms with Crippen LogP contribution in [-0.2, 0) is 14.0 Å². The lowest BCUT2D eigenvalue weighted by molar-refractivity contribution is -0.144. The van der Waals surface area contributed by atoms with E-state index in [1.54, 1.807) is 6.92 Å². The molecule has 0 bridgehead atoms. The van der Waals surface area contributed by atoms with Gasteiger partial charge in [-0.15, -0.1) is 0 Å². The molecule has 1 unspecified atom stereocenters. The summed E-state index contributed by atoms with van der Waals surface area (Å²) in [7, 11) is -1.01. The van der Waals surface area contributed by atoms with Gasteiger partial charge < -0.3 is 9.16 Å². The Labute approximate surface area is 81.5 Å². The van der Waals surface area contributed by atoms with Gasteiger partial charge in [0.2, 0.25) is 0 Å². The first kappa shape index (κ1) is 12.4. The van der Waals surface area contributed by atoms with Crippen molar-refractivity contribution in [3.63, 3.8) is 0 Å².